The summed E-state index contributed by atoms with van der Waals surface area (Å²) in [6, 6.07) is 27.6. The van der Waals surface area contributed by atoms with Crippen LogP contribution in [-0.2, 0) is 10.2 Å². The van der Waals surface area contributed by atoms with Crippen LogP contribution in [0.2, 0.25) is 0 Å². The molecule has 6 rings (SSSR count). The highest BCUT2D eigenvalue weighted by Gasteiger charge is 2.23. The van der Waals surface area contributed by atoms with Crippen molar-refractivity contribution in [1.29, 1.82) is 0 Å². The minimum atomic E-state index is -0.406. The van der Waals surface area contributed by atoms with Gasteiger partial charge in [-0.15, -0.1) is 5.11 Å². The molecule has 6 aromatic carbocycles. The van der Waals surface area contributed by atoms with Crippen molar-refractivity contribution in [3.63, 3.8) is 0 Å². The van der Waals surface area contributed by atoms with E-state index in [1.807, 2.05) is 44.2 Å². The van der Waals surface area contributed by atoms with E-state index in [0.29, 0.717) is 64.3 Å². The number of hydrogen-bond acceptors (Lipinski definition) is 8. The van der Waals surface area contributed by atoms with Crippen molar-refractivity contribution in [2.75, 3.05) is 18.5 Å². The second-order valence-corrected chi connectivity index (χ2v) is 15.1. The smallest absolute Gasteiger partial charge is 0.255 e. The Hall–Kier alpha value is -6.42. The van der Waals surface area contributed by atoms with E-state index in [9.17, 15) is 19.8 Å². The maximum atomic E-state index is 13.4. The molecule has 0 unspecified atom stereocenters. The first-order chi connectivity index (χ1) is 27.2. The van der Waals surface area contributed by atoms with Crippen LogP contribution in [0.3, 0.4) is 0 Å². The lowest BCUT2D eigenvalue weighted by atomic mass is 9.81. The molecule has 57 heavy (non-hydrogen) atoms. The van der Waals surface area contributed by atoms with Crippen molar-refractivity contribution in [2.45, 2.75) is 73.1 Å². The molecular weight excluding hydrogens is 717 g/mol. The van der Waals surface area contributed by atoms with Crippen molar-refractivity contribution in [3.05, 3.63) is 119 Å². The van der Waals surface area contributed by atoms with E-state index in [4.69, 9.17) is 9.47 Å². The van der Waals surface area contributed by atoms with Crippen LogP contribution in [0.5, 0.6) is 28.7 Å². The summed E-state index contributed by atoms with van der Waals surface area (Å²) in [5, 5.41) is 39.3. The molecule has 10 nitrogen and oxygen atoms in total. The maximum Gasteiger partial charge on any atom is 0.255 e. The number of aryl methyl sites for hydroxylation is 3. The number of hydrogen-bond donors (Lipinski definition) is 4. The number of benzene rings is 6. The van der Waals surface area contributed by atoms with Crippen molar-refractivity contribution in [3.8, 4) is 28.7 Å². The average molecular weight is 767 g/mol. The zero-order valence-corrected chi connectivity index (χ0v) is 33.6. The fourth-order valence-corrected chi connectivity index (χ4v) is 6.81. The highest BCUT2D eigenvalue weighted by atomic mass is 16.5. The van der Waals surface area contributed by atoms with Crippen LogP contribution < -0.4 is 20.1 Å². The average Bonchev–Trinajstić information content (AvgIpc) is 3.17. The van der Waals surface area contributed by atoms with Crippen LogP contribution in [-0.4, -0.2) is 35.2 Å². The van der Waals surface area contributed by atoms with E-state index < -0.39 is 5.91 Å². The summed E-state index contributed by atoms with van der Waals surface area (Å²) in [4.78, 5) is 25.3. The molecule has 0 radical (unpaired) electrons. The van der Waals surface area contributed by atoms with Gasteiger partial charge in [0.2, 0.25) is 5.91 Å². The molecule has 2 amide bonds. The SMILES string of the molecule is CCC(C)(C)c1cc(C)ccc1OCCCCNC(=O)c1cc(Oc2ccc(N=Nc3c(C)cc4cc(C)cc(NC(C)=O)c4c3O)cc2)c2ccccc2c1O. The van der Waals surface area contributed by atoms with E-state index in [-0.39, 0.29) is 28.4 Å². The lowest BCUT2D eigenvalue weighted by molar-refractivity contribution is -0.114. The van der Waals surface area contributed by atoms with Gasteiger partial charge in [-0.3, -0.25) is 9.59 Å². The zero-order chi connectivity index (χ0) is 40.9. The standard InChI is InChI=1S/C47H50N4O6/c1-8-47(6,7)38-24-28(2)15-20-40(38)56-22-12-11-21-48-46(55)37-27-41(35-13-9-10-14-36(35)44(37)53)57-34-18-16-33(17-19-34)50-51-43-30(4)26-32-23-29(3)25-39(49-31(5)52)42(32)45(43)54/h9-10,13-20,23-27,53-54H,8,11-12,21-22H2,1-7H3,(H,48,55)(H,49,52). The normalized spacial score (nSPS) is 11.6. The molecule has 0 aliphatic rings. The van der Waals surface area contributed by atoms with Crippen molar-refractivity contribution < 1.29 is 29.3 Å². The van der Waals surface area contributed by atoms with Gasteiger partial charge in [-0.05, 0) is 116 Å². The minimum Gasteiger partial charge on any atom is -0.506 e. The van der Waals surface area contributed by atoms with Crippen molar-refractivity contribution >= 4 is 50.4 Å². The zero-order valence-electron chi connectivity index (χ0n) is 33.6. The third-order valence-electron chi connectivity index (χ3n) is 10.2. The van der Waals surface area contributed by atoms with Gasteiger partial charge in [-0.25, -0.2) is 0 Å². The van der Waals surface area contributed by atoms with Gasteiger partial charge in [0.1, 0.15) is 28.7 Å². The van der Waals surface area contributed by atoms with E-state index in [2.05, 4.69) is 60.7 Å². The van der Waals surface area contributed by atoms with Crippen LogP contribution >= 0.6 is 0 Å². The summed E-state index contributed by atoms with van der Waals surface area (Å²) in [6.07, 6.45) is 2.44. The molecule has 6 aromatic rings. The van der Waals surface area contributed by atoms with Gasteiger partial charge in [0.25, 0.3) is 5.91 Å². The molecule has 4 N–H and O–H groups in total. The number of fused-ring (bicyclic) bond motifs is 2. The molecule has 0 bridgehead atoms. The monoisotopic (exact) mass is 766 g/mol. The topological polar surface area (TPSA) is 142 Å². The second-order valence-electron chi connectivity index (χ2n) is 15.1. The number of ether oxygens (including phenoxy) is 2. The molecule has 0 saturated carbocycles. The third-order valence-corrected chi connectivity index (χ3v) is 10.2. The van der Waals surface area contributed by atoms with E-state index in [0.717, 1.165) is 35.1 Å². The van der Waals surface area contributed by atoms with Gasteiger partial charge in [-0.1, -0.05) is 68.8 Å². The number of amides is 2. The van der Waals surface area contributed by atoms with Crippen LogP contribution in [0.25, 0.3) is 21.5 Å². The highest BCUT2D eigenvalue weighted by Crippen LogP contribution is 2.43. The van der Waals surface area contributed by atoms with Gasteiger partial charge >= 0.3 is 0 Å². The number of unbranched alkanes of at least 4 members (excludes halogenated alkanes) is 1. The molecule has 0 fully saturated rings. The molecule has 0 atom stereocenters. The van der Waals surface area contributed by atoms with Crippen LogP contribution in [0, 0.1) is 20.8 Å². The van der Waals surface area contributed by atoms with Gasteiger partial charge in [0, 0.05) is 29.6 Å². The lowest BCUT2D eigenvalue weighted by Crippen LogP contribution is -2.25. The first-order valence-electron chi connectivity index (χ1n) is 19.3. The third kappa shape index (κ3) is 9.18. The van der Waals surface area contributed by atoms with E-state index in [1.165, 1.54) is 18.1 Å². The minimum absolute atomic E-state index is 0.00144. The largest absolute Gasteiger partial charge is 0.506 e. The van der Waals surface area contributed by atoms with Gasteiger partial charge in [0.15, 0.2) is 5.75 Å². The molecule has 0 aromatic heterocycles. The molecule has 294 valence electrons. The molecule has 0 aliphatic heterocycles. The summed E-state index contributed by atoms with van der Waals surface area (Å²) in [7, 11) is 0. The fraction of sp³-hybridized carbons (Fsp3) is 0.277. The Morgan fingerprint density at radius 3 is 2.25 bits per heavy atom. The highest BCUT2D eigenvalue weighted by molar-refractivity contribution is 6.07. The summed E-state index contributed by atoms with van der Waals surface area (Å²) in [6.45, 7) is 14.8. The summed E-state index contributed by atoms with van der Waals surface area (Å²) in [5.41, 5.74) is 5.48. The number of carbonyl (C=O) groups is 2. The number of nitrogens with one attached hydrogen (secondary N) is 2. The predicted molar refractivity (Wildman–Crippen MR) is 227 cm³/mol. The Bertz CT molecular complexity index is 2490. The fourth-order valence-electron chi connectivity index (χ4n) is 6.81. The molecule has 10 heteroatoms. The van der Waals surface area contributed by atoms with E-state index in [1.54, 1.807) is 48.5 Å². The first kappa shape index (κ1) is 40.2. The molecule has 0 spiro atoms. The first-order valence-corrected chi connectivity index (χ1v) is 19.3. The number of carbonyl (C=O) groups excluding carboxylic acids is 2. The van der Waals surface area contributed by atoms with Gasteiger partial charge < -0.3 is 30.3 Å². The summed E-state index contributed by atoms with van der Waals surface area (Å²) < 4.78 is 12.5. The predicted octanol–water partition coefficient (Wildman–Crippen LogP) is 11.8. The molecule has 0 heterocycles. The molecular formula is C47H50N4O6. The number of aromatic hydroxyl groups is 2. The maximum absolute atomic E-state index is 13.4. The number of phenolic OH excluding ortho intramolecular Hbond substituents is 2. The van der Waals surface area contributed by atoms with Gasteiger partial charge in [-0.2, -0.15) is 5.11 Å². The number of nitrogens with zero attached hydrogens (tertiary/aromatic N) is 2. The molecule has 0 saturated heterocycles. The Morgan fingerprint density at radius 1 is 0.789 bits per heavy atom. The summed E-state index contributed by atoms with van der Waals surface area (Å²) >= 11 is 0. The van der Waals surface area contributed by atoms with Gasteiger partial charge in [0.05, 0.1) is 23.5 Å². The van der Waals surface area contributed by atoms with Crippen LogP contribution in [0.1, 0.15) is 79.6 Å². The van der Waals surface area contributed by atoms with Crippen LogP contribution in [0.4, 0.5) is 17.1 Å². The molecule has 0 aliphatic carbocycles. The number of azo groups is 1. The number of anilines is 1. The van der Waals surface area contributed by atoms with Crippen LogP contribution in [0.15, 0.2) is 101 Å². The Balaban J connectivity index is 1.13. The van der Waals surface area contributed by atoms with Crippen molar-refractivity contribution in [2.24, 2.45) is 10.2 Å². The number of phenols is 2. The Kier molecular flexibility index (Phi) is 12.1. The second kappa shape index (κ2) is 17.2. The van der Waals surface area contributed by atoms with Crippen molar-refractivity contribution in [1.82, 2.24) is 5.32 Å². The number of rotatable bonds is 14. The van der Waals surface area contributed by atoms with E-state index >= 15 is 0 Å². The summed E-state index contributed by atoms with van der Waals surface area (Å²) in [5.74, 6) is 0.938. The lowest BCUT2D eigenvalue weighted by Gasteiger charge is -2.26. The quantitative estimate of drug-likeness (QED) is 0.0642. The Morgan fingerprint density at radius 2 is 1.53 bits per heavy atom. The Labute approximate surface area is 333 Å².